The predicted octanol–water partition coefficient (Wildman–Crippen LogP) is 5.48. The highest BCUT2D eigenvalue weighted by atomic mass is 79.9. The molecule has 1 unspecified atom stereocenters. The Labute approximate surface area is 104 Å². The van der Waals surface area contributed by atoms with Gasteiger partial charge in [0.2, 0.25) is 0 Å². The molecule has 13 heavy (non-hydrogen) atoms. The monoisotopic (exact) mass is 308 g/mol. The van der Waals surface area contributed by atoms with Crippen LogP contribution in [0.5, 0.6) is 0 Å². The summed E-state index contributed by atoms with van der Waals surface area (Å²) in [5.41, 5.74) is 0. The number of unbranched alkanes of at least 4 members (excludes halogenated alkanes) is 3. The van der Waals surface area contributed by atoms with Crippen molar-refractivity contribution in [3.05, 3.63) is 0 Å². The van der Waals surface area contributed by atoms with E-state index < -0.39 is 3.79 Å². The molecule has 0 nitrogen and oxygen atoms in total. The van der Waals surface area contributed by atoms with Crippen molar-refractivity contribution in [1.82, 2.24) is 0 Å². The first-order valence-corrected chi connectivity index (χ1v) is 6.71. The minimum Gasteiger partial charge on any atom is -0.0889 e. The molecule has 1 atom stereocenters. The first kappa shape index (κ1) is 14.3. The minimum absolute atomic E-state index is 0.330. The summed E-state index contributed by atoms with van der Waals surface area (Å²) in [5.74, 6) is 0. The highest BCUT2D eigenvalue weighted by Gasteiger charge is 2.23. The molecule has 0 spiro atoms. The van der Waals surface area contributed by atoms with E-state index in [1.807, 2.05) is 0 Å². The summed E-state index contributed by atoms with van der Waals surface area (Å²) in [4.78, 5) is 0.330. The third-order valence-electron chi connectivity index (χ3n) is 1.82. The van der Waals surface area contributed by atoms with Crippen LogP contribution in [0.4, 0.5) is 0 Å². The predicted molar refractivity (Wildman–Crippen MR) is 66.4 cm³/mol. The van der Waals surface area contributed by atoms with Crippen LogP contribution in [0.25, 0.3) is 0 Å². The molecule has 0 heterocycles. The largest absolute Gasteiger partial charge is 0.191 e. The van der Waals surface area contributed by atoms with Crippen LogP contribution in [0.1, 0.15) is 45.4 Å². The molecular weight excluding hydrogens is 294 g/mol. The van der Waals surface area contributed by atoms with E-state index in [2.05, 4.69) is 22.9 Å². The summed E-state index contributed by atoms with van der Waals surface area (Å²) in [6.07, 6.45) is 6.73. The fraction of sp³-hybridized carbons (Fsp3) is 1.00. The fourth-order valence-corrected chi connectivity index (χ4v) is 3.07. The van der Waals surface area contributed by atoms with E-state index in [9.17, 15) is 0 Å². The number of hydrogen-bond donors (Lipinski definition) is 0. The molecule has 0 radical (unpaired) electrons. The molecule has 0 bridgehead atoms. The van der Waals surface area contributed by atoms with Gasteiger partial charge in [-0.2, -0.15) is 0 Å². The maximum absolute atomic E-state index is 5.67. The summed E-state index contributed by atoms with van der Waals surface area (Å²) >= 11 is 20.5. The second kappa shape index (κ2) is 7.62. The van der Waals surface area contributed by atoms with Crippen LogP contribution < -0.4 is 0 Å². The Morgan fingerprint density at radius 1 is 1.15 bits per heavy atom. The van der Waals surface area contributed by atoms with Crippen molar-refractivity contribution in [1.29, 1.82) is 0 Å². The minimum atomic E-state index is -1.11. The second-order valence-electron chi connectivity index (χ2n) is 3.27. The normalized spacial score (nSPS) is 14.5. The van der Waals surface area contributed by atoms with Gasteiger partial charge >= 0.3 is 0 Å². The van der Waals surface area contributed by atoms with E-state index in [4.69, 9.17) is 34.8 Å². The van der Waals surface area contributed by atoms with Gasteiger partial charge in [0.25, 0.3) is 0 Å². The zero-order chi connectivity index (χ0) is 10.3. The van der Waals surface area contributed by atoms with Gasteiger partial charge in [-0.3, -0.25) is 0 Å². The Hall–Kier alpha value is 1.35. The molecule has 0 aliphatic rings. The number of rotatable bonds is 6. The van der Waals surface area contributed by atoms with Gasteiger partial charge in [-0.05, 0) is 6.42 Å². The maximum atomic E-state index is 5.67. The average molecular weight is 310 g/mol. The van der Waals surface area contributed by atoms with Crippen molar-refractivity contribution in [3.63, 3.8) is 0 Å². The zero-order valence-corrected chi connectivity index (χ0v) is 11.7. The Bertz CT molecular complexity index is 123. The molecule has 0 aromatic carbocycles. The van der Waals surface area contributed by atoms with Crippen LogP contribution in [-0.4, -0.2) is 8.62 Å². The quantitative estimate of drug-likeness (QED) is 0.450. The maximum Gasteiger partial charge on any atom is 0.191 e. The van der Waals surface area contributed by atoms with Gasteiger partial charge in [0.15, 0.2) is 3.79 Å². The van der Waals surface area contributed by atoms with E-state index in [-0.39, 0.29) is 0 Å². The SMILES string of the molecule is CCCCCCC(Br)CC(Cl)(Cl)Cl. The average Bonchev–Trinajstić information content (AvgIpc) is 1.94. The van der Waals surface area contributed by atoms with Gasteiger partial charge in [-0.15, -0.1) is 0 Å². The molecule has 0 saturated carbocycles. The van der Waals surface area contributed by atoms with Gasteiger partial charge in [0.05, 0.1) is 0 Å². The third-order valence-corrected chi connectivity index (χ3v) is 3.07. The van der Waals surface area contributed by atoms with E-state index in [1.165, 1.54) is 25.7 Å². The lowest BCUT2D eigenvalue weighted by atomic mass is 10.1. The lowest BCUT2D eigenvalue weighted by Crippen LogP contribution is -2.11. The van der Waals surface area contributed by atoms with E-state index in [0.29, 0.717) is 11.2 Å². The van der Waals surface area contributed by atoms with Crippen molar-refractivity contribution >= 4 is 50.7 Å². The highest BCUT2D eigenvalue weighted by Crippen LogP contribution is 2.34. The van der Waals surface area contributed by atoms with E-state index >= 15 is 0 Å². The Morgan fingerprint density at radius 2 is 1.77 bits per heavy atom. The Kier molecular flexibility index (Phi) is 8.41. The van der Waals surface area contributed by atoms with Gasteiger partial charge < -0.3 is 0 Å². The smallest absolute Gasteiger partial charge is 0.0889 e. The zero-order valence-electron chi connectivity index (χ0n) is 7.83. The van der Waals surface area contributed by atoms with Gasteiger partial charge in [-0.1, -0.05) is 83.3 Å². The Balaban J connectivity index is 3.35. The fourth-order valence-electron chi connectivity index (χ4n) is 1.15. The topological polar surface area (TPSA) is 0 Å². The lowest BCUT2D eigenvalue weighted by molar-refractivity contribution is 0.607. The van der Waals surface area contributed by atoms with Crippen LogP contribution >= 0.6 is 50.7 Å². The lowest BCUT2D eigenvalue weighted by Gasteiger charge is -2.15. The number of halogens is 4. The summed E-state index contributed by atoms with van der Waals surface area (Å²) in [6.45, 7) is 2.20. The van der Waals surface area contributed by atoms with E-state index in [1.54, 1.807) is 0 Å². The highest BCUT2D eigenvalue weighted by molar-refractivity contribution is 9.09. The van der Waals surface area contributed by atoms with E-state index in [0.717, 1.165) is 6.42 Å². The molecule has 0 aromatic heterocycles. The molecule has 0 aliphatic carbocycles. The molecule has 0 aromatic rings. The summed E-state index contributed by atoms with van der Waals surface area (Å²) in [7, 11) is 0. The van der Waals surface area contributed by atoms with Gasteiger partial charge in [0, 0.05) is 11.2 Å². The molecule has 4 heteroatoms. The van der Waals surface area contributed by atoms with Crippen LogP contribution in [0.3, 0.4) is 0 Å². The van der Waals surface area contributed by atoms with Crippen LogP contribution in [0.15, 0.2) is 0 Å². The molecule has 0 amide bonds. The second-order valence-corrected chi connectivity index (χ2v) is 7.08. The standard InChI is InChI=1S/C9H16BrCl3/c1-2-3-4-5-6-8(10)7-9(11,12)13/h8H,2-7H2,1H3. The molecule has 0 fully saturated rings. The first-order valence-electron chi connectivity index (χ1n) is 4.66. The molecule has 0 saturated heterocycles. The van der Waals surface area contributed by atoms with Crippen molar-refractivity contribution < 1.29 is 0 Å². The van der Waals surface area contributed by atoms with Crippen LogP contribution in [0, 0.1) is 0 Å². The number of hydrogen-bond acceptors (Lipinski definition) is 0. The number of alkyl halides is 4. The molecule has 0 aliphatic heterocycles. The van der Waals surface area contributed by atoms with Crippen molar-refractivity contribution in [2.24, 2.45) is 0 Å². The summed E-state index contributed by atoms with van der Waals surface area (Å²) < 4.78 is -1.11. The first-order chi connectivity index (χ1) is 5.95. The van der Waals surface area contributed by atoms with Gasteiger partial charge in [-0.25, -0.2) is 0 Å². The molecule has 0 N–H and O–H groups in total. The third kappa shape index (κ3) is 11.3. The van der Waals surface area contributed by atoms with Crippen molar-refractivity contribution in [2.45, 2.75) is 54.1 Å². The Morgan fingerprint density at radius 3 is 2.23 bits per heavy atom. The molecular formula is C9H16BrCl3. The van der Waals surface area contributed by atoms with Crippen molar-refractivity contribution in [2.75, 3.05) is 0 Å². The summed E-state index contributed by atoms with van der Waals surface area (Å²) in [6, 6.07) is 0. The van der Waals surface area contributed by atoms with Gasteiger partial charge in [0.1, 0.15) is 0 Å². The molecule has 0 rings (SSSR count). The molecule has 80 valence electrons. The van der Waals surface area contributed by atoms with Crippen LogP contribution in [0.2, 0.25) is 0 Å². The van der Waals surface area contributed by atoms with Crippen LogP contribution in [-0.2, 0) is 0 Å². The van der Waals surface area contributed by atoms with Crippen molar-refractivity contribution in [3.8, 4) is 0 Å². The summed E-state index contributed by atoms with van der Waals surface area (Å²) in [5, 5.41) is 0.